The molecule has 2 aromatic carbocycles. The van der Waals surface area contributed by atoms with Crippen LogP contribution in [0.3, 0.4) is 0 Å². The van der Waals surface area contributed by atoms with Gasteiger partial charge in [0.1, 0.15) is 0 Å². The van der Waals surface area contributed by atoms with Crippen molar-refractivity contribution in [2.75, 3.05) is 11.9 Å². The Bertz CT molecular complexity index is 649. The van der Waals surface area contributed by atoms with E-state index in [1.54, 1.807) is 0 Å². The number of benzene rings is 2. The summed E-state index contributed by atoms with van der Waals surface area (Å²) < 4.78 is 0.873. The second-order valence-corrected chi connectivity index (χ2v) is 7.10. The van der Waals surface area contributed by atoms with Crippen molar-refractivity contribution in [2.24, 2.45) is 5.92 Å². The summed E-state index contributed by atoms with van der Waals surface area (Å²) in [6, 6.07) is 16.2. The first-order valence-electron chi connectivity index (χ1n) is 7.62. The smallest absolute Gasteiger partial charge is 0.170 e. The Kier molecular flexibility index (Phi) is 7.34. The van der Waals surface area contributed by atoms with Crippen molar-refractivity contribution < 1.29 is 0 Å². The van der Waals surface area contributed by atoms with Crippen LogP contribution in [0.4, 0.5) is 5.69 Å². The summed E-state index contributed by atoms with van der Waals surface area (Å²) in [6.45, 7) is 3.06. The molecule has 2 rings (SSSR count). The molecular formula is C18H20BrClN2S. The van der Waals surface area contributed by atoms with E-state index < -0.39 is 0 Å². The van der Waals surface area contributed by atoms with E-state index in [1.807, 2.05) is 24.3 Å². The fraction of sp³-hybridized carbons (Fsp3) is 0.278. The summed E-state index contributed by atoms with van der Waals surface area (Å²) in [5, 5.41) is 7.75. The molecule has 2 N–H and O–H groups in total. The average molecular weight is 412 g/mol. The van der Waals surface area contributed by atoms with Gasteiger partial charge in [0, 0.05) is 16.7 Å². The lowest BCUT2D eigenvalue weighted by Gasteiger charge is -2.18. The predicted molar refractivity (Wildman–Crippen MR) is 107 cm³/mol. The molecule has 0 aliphatic rings. The van der Waals surface area contributed by atoms with Crippen molar-refractivity contribution in [2.45, 2.75) is 19.8 Å². The minimum Gasteiger partial charge on any atom is -0.362 e. The predicted octanol–water partition coefficient (Wildman–Crippen LogP) is 5.66. The fourth-order valence-corrected chi connectivity index (χ4v) is 2.92. The zero-order valence-electron chi connectivity index (χ0n) is 13.0. The third kappa shape index (κ3) is 6.13. The van der Waals surface area contributed by atoms with Gasteiger partial charge in [0.2, 0.25) is 0 Å². The van der Waals surface area contributed by atoms with E-state index in [0.717, 1.165) is 29.5 Å². The summed E-state index contributed by atoms with van der Waals surface area (Å²) >= 11 is 14.8. The lowest BCUT2D eigenvalue weighted by Crippen LogP contribution is -2.33. The molecule has 0 saturated carbocycles. The van der Waals surface area contributed by atoms with E-state index in [1.165, 1.54) is 5.56 Å². The van der Waals surface area contributed by atoms with E-state index in [4.69, 9.17) is 23.8 Å². The van der Waals surface area contributed by atoms with Crippen molar-refractivity contribution in [3.8, 4) is 0 Å². The van der Waals surface area contributed by atoms with Gasteiger partial charge in [-0.15, -0.1) is 0 Å². The Morgan fingerprint density at radius 1 is 1.22 bits per heavy atom. The highest BCUT2D eigenvalue weighted by Crippen LogP contribution is 2.25. The molecule has 23 heavy (non-hydrogen) atoms. The molecule has 122 valence electrons. The standard InChI is InChI=1S/C18H20BrClN2S/c1-2-13(10-14-6-4-3-5-7-14)12-21-18(23)22-15-8-9-16(19)17(20)11-15/h3-9,11,13H,2,10,12H2,1H3,(H2,21,22,23)/t13-/m0/s1. The van der Waals surface area contributed by atoms with Gasteiger partial charge in [-0.3, -0.25) is 0 Å². The molecule has 0 amide bonds. The van der Waals surface area contributed by atoms with Crippen molar-refractivity contribution in [1.29, 1.82) is 0 Å². The van der Waals surface area contributed by atoms with Crippen LogP contribution in [-0.4, -0.2) is 11.7 Å². The Morgan fingerprint density at radius 3 is 2.61 bits per heavy atom. The Hall–Kier alpha value is -1.10. The molecule has 0 saturated heterocycles. The van der Waals surface area contributed by atoms with Crippen LogP contribution in [0.25, 0.3) is 0 Å². The lowest BCUT2D eigenvalue weighted by molar-refractivity contribution is 0.498. The van der Waals surface area contributed by atoms with E-state index in [2.05, 4.69) is 57.8 Å². The van der Waals surface area contributed by atoms with Gasteiger partial charge in [0.25, 0.3) is 0 Å². The maximum Gasteiger partial charge on any atom is 0.170 e. The third-order valence-corrected chi connectivity index (χ3v) is 5.15. The Balaban J connectivity index is 1.83. The summed E-state index contributed by atoms with van der Waals surface area (Å²) in [6.07, 6.45) is 2.16. The van der Waals surface area contributed by atoms with Crippen LogP contribution >= 0.6 is 39.7 Å². The second kappa shape index (κ2) is 9.26. The number of thiocarbonyl (C=S) groups is 1. The van der Waals surface area contributed by atoms with Crippen LogP contribution in [0.2, 0.25) is 5.02 Å². The number of hydrogen-bond acceptors (Lipinski definition) is 1. The summed E-state index contributed by atoms with van der Waals surface area (Å²) in [5.74, 6) is 0.547. The van der Waals surface area contributed by atoms with Crippen LogP contribution in [-0.2, 0) is 6.42 Å². The van der Waals surface area contributed by atoms with Gasteiger partial charge in [0.05, 0.1) is 5.02 Å². The van der Waals surface area contributed by atoms with Gasteiger partial charge in [0.15, 0.2) is 5.11 Å². The lowest BCUT2D eigenvalue weighted by atomic mass is 9.97. The van der Waals surface area contributed by atoms with E-state index in [0.29, 0.717) is 16.1 Å². The molecule has 0 aliphatic heterocycles. The molecule has 0 spiro atoms. The number of halogens is 2. The fourth-order valence-electron chi connectivity index (χ4n) is 2.29. The van der Waals surface area contributed by atoms with Crippen molar-refractivity contribution >= 4 is 50.5 Å². The topological polar surface area (TPSA) is 24.1 Å². The maximum atomic E-state index is 6.09. The monoisotopic (exact) mass is 410 g/mol. The molecule has 0 heterocycles. The highest BCUT2D eigenvalue weighted by atomic mass is 79.9. The minimum absolute atomic E-state index is 0.547. The third-order valence-electron chi connectivity index (χ3n) is 3.67. The maximum absolute atomic E-state index is 6.09. The highest BCUT2D eigenvalue weighted by Gasteiger charge is 2.08. The summed E-state index contributed by atoms with van der Waals surface area (Å²) in [7, 11) is 0. The van der Waals surface area contributed by atoms with Crippen LogP contribution in [0.1, 0.15) is 18.9 Å². The van der Waals surface area contributed by atoms with E-state index in [9.17, 15) is 0 Å². The molecule has 0 aromatic heterocycles. The molecule has 2 aromatic rings. The first-order valence-corrected chi connectivity index (χ1v) is 9.20. The van der Waals surface area contributed by atoms with Crippen molar-refractivity contribution in [3.05, 3.63) is 63.6 Å². The number of anilines is 1. The molecule has 0 unspecified atom stereocenters. The molecule has 0 fully saturated rings. The number of rotatable bonds is 6. The summed E-state index contributed by atoms with van der Waals surface area (Å²) in [5.41, 5.74) is 2.24. The highest BCUT2D eigenvalue weighted by molar-refractivity contribution is 9.10. The molecule has 0 bridgehead atoms. The zero-order chi connectivity index (χ0) is 16.7. The molecular weight excluding hydrogens is 392 g/mol. The van der Waals surface area contributed by atoms with Crippen LogP contribution < -0.4 is 10.6 Å². The van der Waals surface area contributed by atoms with Crippen molar-refractivity contribution in [1.82, 2.24) is 5.32 Å². The molecule has 0 aliphatic carbocycles. The SMILES string of the molecule is CC[C@H](CNC(=S)Nc1ccc(Br)c(Cl)c1)Cc1ccccc1. The van der Waals surface area contributed by atoms with Crippen LogP contribution in [0, 0.1) is 5.92 Å². The quantitative estimate of drug-likeness (QED) is 0.600. The van der Waals surface area contributed by atoms with Crippen LogP contribution in [0.15, 0.2) is 53.0 Å². The first kappa shape index (κ1) is 18.2. The van der Waals surface area contributed by atoms with Gasteiger partial charge in [-0.2, -0.15) is 0 Å². The average Bonchev–Trinajstić information content (AvgIpc) is 2.56. The molecule has 5 heteroatoms. The minimum atomic E-state index is 0.547. The normalized spacial score (nSPS) is 11.8. The number of nitrogens with one attached hydrogen (secondary N) is 2. The first-order chi connectivity index (χ1) is 11.1. The Morgan fingerprint density at radius 2 is 1.96 bits per heavy atom. The second-order valence-electron chi connectivity index (χ2n) is 5.43. The Labute approximate surface area is 156 Å². The number of hydrogen-bond donors (Lipinski definition) is 2. The van der Waals surface area contributed by atoms with E-state index in [-0.39, 0.29) is 0 Å². The van der Waals surface area contributed by atoms with Crippen LogP contribution in [0.5, 0.6) is 0 Å². The molecule has 0 radical (unpaired) electrons. The molecule has 2 nitrogen and oxygen atoms in total. The largest absolute Gasteiger partial charge is 0.362 e. The van der Waals surface area contributed by atoms with Gasteiger partial charge >= 0.3 is 0 Å². The summed E-state index contributed by atoms with van der Waals surface area (Å²) in [4.78, 5) is 0. The van der Waals surface area contributed by atoms with Gasteiger partial charge in [-0.05, 0) is 64.2 Å². The van der Waals surface area contributed by atoms with Crippen molar-refractivity contribution in [3.63, 3.8) is 0 Å². The van der Waals surface area contributed by atoms with Gasteiger partial charge < -0.3 is 10.6 Å². The molecule has 1 atom stereocenters. The van der Waals surface area contributed by atoms with E-state index >= 15 is 0 Å². The van der Waals surface area contributed by atoms with Gasteiger partial charge in [-0.1, -0.05) is 55.3 Å². The van der Waals surface area contributed by atoms with Gasteiger partial charge in [-0.25, -0.2) is 0 Å². The zero-order valence-corrected chi connectivity index (χ0v) is 16.1.